The van der Waals surface area contributed by atoms with Crippen molar-refractivity contribution in [2.24, 2.45) is 28.0 Å². The van der Waals surface area contributed by atoms with Crippen LogP contribution in [0, 0.1) is 17.8 Å². The second-order valence-corrected chi connectivity index (χ2v) is 12.8. The number of phenolic OH excluding ortho intramolecular Hbond substituents is 1. The molecule has 1 N–H and O–H groups in total. The molecule has 48 heavy (non-hydrogen) atoms. The number of fused-ring (bicyclic) bond motifs is 3. The van der Waals surface area contributed by atoms with Crippen LogP contribution < -0.4 is 14.5 Å². The normalized spacial score (nSPS) is 23.5. The molecule has 1 saturated heterocycles. The predicted molar refractivity (Wildman–Crippen MR) is 180 cm³/mol. The van der Waals surface area contributed by atoms with E-state index in [1.807, 2.05) is 49.3 Å². The second-order valence-electron chi connectivity index (χ2n) is 12.8. The van der Waals surface area contributed by atoms with Crippen molar-refractivity contribution in [3.05, 3.63) is 107 Å². The molecule has 0 spiro atoms. The molecule has 10 heteroatoms. The van der Waals surface area contributed by atoms with Gasteiger partial charge in [-0.15, -0.1) is 0 Å². The molecule has 7 rings (SSSR count). The monoisotopic (exact) mass is 642 g/mol. The fourth-order valence-electron chi connectivity index (χ4n) is 7.51. The number of allylic oxidation sites excluding steroid dienone is 6. The first-order valence-corrected chi connectivity index (χ1v) is 15.8. The Hall–Kier alpha value is -5.64. The molecule has 10 nitrogen and oxygen atoms in total. The first-order chi connectivity index (χ1) is 23.1. The zero-order valence-electron chi connectivity index (χ0n) is 27.0. The number of rotatable bonds is 6. The molecule has 4 atom stereocenters. The van der Waals surface area contributed by atoms with Crippen molar-refractivity contribution in [3.63, 3.8) is 0 Å². The number of benzene rings is 3. The number of imide groups is 1. The molecule has 0 unspecified atom stereocenters. The number of carbonyl (C=O) groups excluding carboxylic acids is 4. The van der Waals surface area contributed by atoms with E-state index in [-0.39, 0.29) is 35.6 Å². The summed E-state index contributed by atoms with van der Waals surface area (Å²) in [6, 6.07) is 19.1. The quantitative estimate of drug-likeness (QED) is 0.140. The molecule has 0 saturated carbocycles. The highest BCUT2D eigenvalue weighted by Crippen LogP contribution is 2.56. The third kappa shape index (κ3) is 5.04. The summed E-state index contributed by atoms with van der Waals surface area (Å²) in [4.78, 5) is 58.4. The van der Waals surface area contributed by atoms with Crippen molar-refractivity contribution < 1.29 is 29.0 Å². The number of methoxy groups -OCH3 is 1. The summed E-state index contributed by atoms with van der Waals surface area (Å²) in [6.45, 7) is 1.62. The molecular weight excluding hydrogens is 608 g/mol. The molecule has 2 amide bonds. The standard InChI is InChI=1S/C38H34N4O6/c1-20-17-31(44)30-19-29-26(33(35(30)36(20)45)27-14-13-25(43)18-32(27)48-4)15-16-28-34(29)38(47)42(37(28)46)24-11-7-22(8-12-24)40-39-21-5-9-23(10-6-21)41(2)3/h5-15,17-18,28-29,33-34,43H,16,19H2,1-4H3/t28-,29+,33+,34-/m0/s1. The van der Waals surface area contributed by atoms with Crippen LogP contribution in [0.2, 0.25) is 0 Å². The van der Waals surface area contributed by atoms with Crippen LogP contribution in [-0.4, -0.2) is 49.7 Å². The number of azo groups is 1. The van der Waals surface area contributed by atoms with Gasteiger partial charge in [0.15, 0.2) is 11.6 Å². The van der Waals surface area contributed by atoms with E-state index in [2.05, 4.69) is 10.2 Å². The van der Waals surface area contributed by atoms with Gasteiger partial charge in [0.25, 0.3) is 0 Å². The number of nitrogens with zero attached hydrogens (tertiary/aromatic N) is 4. The van der Waals surface area contributed by atoms with Crippen LogP contribution in [0.1, 0.15) is 31.2 Å². The number of hydrogen-bond acceptors (Lipinski definition) is 9. The molecular formula is C38H34N4O6. The van der Waals surface area contributed by atoms with E-state index in [9.17, 15) is 24.3 Å². The highest BCUT2D eigenvalue weighted by Gasteiger charge is 2.56. The van der Waals surface area contributed by atoms with Crippen molar-refractivity contribution in [1.29, 1.82) is 0 Å². The number of amides is 2. The predicted octanol–water partition coefficient (Wildman–Crippen LogP) is 6.52. The second kappa shape index (κ2) is 11.9. The first kappa shape index (κ1) is 31.0. The number of aromatic hydroxyl groups is 1. The molecule has 3 aromatic carbocycles. The summed E-state index contributed by atoms with van der Waals surface area (Å²) in [5.74, 6) is -3.24. The van der Waals surface area contributed by atoms with Gasteiger partial charge in [-0.1, -0.05) is 17.7 Å². The Kier molecular flexibility index (Phi) is 7.66. The van der Waals surface area contributed by atoms with E-state index in [0.29, 0.717) is 51.5 Å². The topological polar surface area (TPSA) is 129 Å². The Bertz CT molecular complexity index is 2010. The fraction of sp³-hybridized carbons (Fsp3) is 0.263. The van der Waals surface area contributed by atoms with Crippen LogP contribution in [0.3, 0.4) is 0 Å². The highest BCUT2D eigenvalue weighted by molar-refractivity contribution is 6.25. The lowest BCUT2D eigenvalue weighted by atomic mass is 9.59. The Morgan fingerprint density at radius 1 is 0.875 bits per heavy atom. The minimum Gasteiger partial charge on any atom is -0.508 e. The molecule has 1 heterocycles. The van der Waals surface area contributed by atoms with Crippen LogP contribution in [0.5, 0.6) is 11.5 Å². The van der Waals surface area contributed by atoms with Crippen LogP contribution in [0.25, 0.3) is 0 Å². The van der Waals surface area contributed by atoms with Crippen molar-refractivity contribution in [3.8, 4) is 11.5 Å². The Morgan fingerprint density at radius 3 is 2.19 bits per heavy atom. The largest absolute Gasteiger partial charge is 0.508 e. The average Bonchev–Trinajstić information content (AvgIpc) is 3.35. The molecule has 0 aromatic heterocycles. The van der Waals surface area contributed by atoms with Gasteiger partial charge >= 0.3 is 0 Å². The van der Waals surface area contributed by atoms with E-state index < -0.39 is 23.7 Å². The number of Topliss-reactive ketones (excluding diaryl/α,β-unsaturated/α-hetero) is 1. The lowest BCUT2D eigenvalue weighted by Gasteiger charge is -2.42. The van der Waals surface area contributed by atoms with Gasteiger partial charge in [0.2, 0.25) is 11.8 Å². The Morgan fingerprint density at radius 2 is 1.54 bits per heavy atom. The summed E-state index contributed by atoms with van der Waals surface area (Å²) in [5, 5.41) is 18.8. The number of ether oxygens (including phenoxy) is 1. The third-order valence-corrected chi connectivity index (χ3v) is 9.85. The molecule has 242 valence electrons. The van der Waals surface area contributed by atoms with Crippen LogP contribution in [0.4, 0.5) is 22.7 Å². The lowest BCUT2D eigenvalue weighted by molar-refractivity contribution is -0.123. The third-order valence-electron chi connectivity index (χ3n) is 9.85. The van der Waals surface area contributed by atoms with Gasteiger partial charge in [-0.3, -0.25) is 24.1 Å². The van der Waals surface area contributed by atoms with Gasteiger partial charge in [-0.25, -0.2) is 0 Å². The molecule has 4 aliphatic rings. The van der Waals surface area contributed by atoms with Crippen LogP contribution in [0.15, 0.2) is 111 Å². The SMILES string of the molecule is COc1cc(O)ccc1[C@H]1C2=CC[C@@H]3C(=O)N(c4ccc(N=Nc5ccc(N(C)C)cc5)cc4)C(=O)[C@@H]3[C@@H]2CC2=C1C(=O)C(C)=CC2=O. The van der Waals surface area contributed by atoms with Gasteiger partial charge in [0, 0.05) is 54.0 Å². The summed E-state index contributed by atoms with van der Waals surface area (Å²) in [5.41, 5.74) is 5.25. The number of anilines is 2. The van der Waals surface area contributed by atoms with Crippen molar-refractivity contribution in [2.75, 3.05) is 31.0 Å². The fourth-order valence-corrected chi connectivity index (χ4v) is 7.51. The summed E-state index contributed by atoms with van der Waals surface area (Å²) in [7, 11) is 5.40. The maximum absolute atomic E-state index is 14.2. The van der Waals surface area contributed by atoms with Gasteiger partial charge in [0.05, 0.1) is 36.0 Å². The van der Waals surface area contributed by atoms with E-state index in [4.69, 9.17) is 4.74 Å². The molecule has 1 aliphatic heterocycles. The average molecular weight is 643 g/mol. The highest BCUT2D eigenvalue weighted by atomic mass is 16.5. The van der Waals surface area contributed by atoms with Crippen molar-refractivity contribution in [1.82, 2.24) is 0 Å². The maximum atomic E-state index is 14.2. The van der Waals surface area contributed by atoms with Gasteiger partial charge in [-0.05, 0) is 86.4 Å². The van der Waals surface area contributed by atoms with E-state index >= 15 is 0 Å². The maximum Gasteiger partial charge on any atom is 0.238 e. The summed E-state index contributed by atoms with van der Waals surface area (Å²) >= 11 is 0. The number of carbonyl (C=O) groups is 4. The van der Waals surface area contributed by atoms with Crippen LogP contribution in [-0.2, 0) is 19.2 Å². The van der Waals surface area contributed by atoms with E-state index in [1.54, 1.807) is 37.3 Å². The number of phenols is 1. The summed E-state index contributed by atoms with van der Waals surface area (Å²) < 4.78 is 5.63. The minimum atomic E-state index is -0.712. The van der Waals surface area contributed by atoms with Crippen molar-refractivity contribution >= 4 is 46.1 Å². The molecule has 3 aliphatic carbocycles. The lowest BCUT2D eigenvalue weighted by Crippen LogP contribution is -2.40. The zero-order chi connectivity index (χ0) is 33.9. The smallest absolute Gasteiger partial charge is 0.238 e. The van der Waals surface area contributed by atoms with Crippen molar-refractivity contribution in [2.45, 2.75) is 25.7 Å². The molecule has 0 bridgehead atoms. The van der Waals surface area contributed by atoms with E-state index in [0.717, 1.165) is 11.3 Å². The summed E-state index contributed by atoms with van der Waals surface area (Å²) in [6.07, 6.45) is 3.80. The molecule has 0 radical (unpaired) electrons. The van der Waals surface area contributed by atoms with Gasteiger partial charge in [-0.2, -0.15) is 10.2 Å². The Balaban J connectivity index is 1.20. The number of ketones is 2. The number of hydrogen-bond donors (Lipinski definition) is 1. The Labute approximate surface area is 277 Å². The van der Waals surface area contributed by atoms with Gasteiger partial charge < -0.3 is 14.7 Å². The van der Waals surface area contributed by atoms with E-state index in [1.165, 1.54) is 30.2 Å². The molecule has 3 aromatic rings. The van der Waals surface area contributed by atoms with Gasteiger partial charge in [0.1, 0.15) is 11.5 Å². The minimum absolute atomic E-state index is 0.00432. The van der Waals surface area contributed by atoms with Crippen LogP contribution >= 0.6 is 0 Å². The molecule has 1 fully saturated rings. The first-order valence-electron chi connectivity index (χ1n) is 15.8. The zero-order valence-corrected chi connectivity index (χ0v) is 27.0.